The first-order valence-corrected chi connectivity index (χ1v) is 2.71. The minimum Gasteiger partial charge on any atom is -0.396 e. The van der Waals surface area contributed by atoms with Crippen LogP contribution in [0.1, 0.15) is 13.3 Å². The number of allylic oxidation sites excluding steroid dienone is 2. The number of nitrogens with one attached hydrogen (secondary N) is 1. The van der Waals surface area contributed by atoms with Crippen molar-refractivity contribution in [3.8, 4) is 0 Å². The highest BCUT2D eigenvalue weighted by Crippen LogP contribution is 1.88. The molecule has 3 nitrogen and oxygen atoms in total. The number of ketones is 1. The lowest BCUT2D eigenvalue weighted by Crippen LogP contribution is -2.09. The molecule has 0 spiro atoms. The third-order valence-electron chi connectivity index (χ3n) is 0.906. The molecule has 9 heavy (non-hydrogen) atoms. The third kappa shape index (κ3) is 2.64. The molecule has 0 rings (SSSR count). The summed E-state index contributed by atoms with van der Waals surface area (Å²) >= 11 is 0. The molecular weight excluding hydrogens is 116 g/mol. The largest absolute Gasteiger partial charge is 0.396 e. The van der Waals surface area contributed by atoms with Gasteiger partial charge in [0.05, 0.1) is 5.70 Å². The number of hydrogen-bond acceptors (Lipinski definition) is 3. The molecule has 0 bridgehead atoms. The van der Waals surface area contributed by atoms with E-state index < -0.39 is 0 Å². The molecule has 0 saturated heterocycles. The average molecular weight is 126 g/mol. The first kappa shape index (κ1) is 7.88. The molecular formula is C6H10N2O. The summed E-state index contributed by atoms with van der Waals surface area (Å²) < 4.78 is 0. The Balaban J connectivity index is 4.01. The number of carbonyl (C=O) groups excluding carboxylic acids is 1. The van der Waals surface area contributed by atoms with E-state index in [2.05, 4.69) is 0 Å². The molecule has 0 unspecified atom stereocenters. The van der Waals surface area contributed by atoms with E-state index in [0.29, 0.717) is 6.42 Å². The smallest absolute Gasteiger partial charge is 0.178 e. The van der Waals surface area contributed by atoms with Gasteiger partial charge < -0.3 is 11.1 Å². The lowest BCUT2D eigenvalue weighted by atomic mass is 10.2. The van der Waals surface area contributed by atoms with Gasteiger partial charge in [-0.15, -0.1) is 0 Å². The van der Waals surface area contributed by atoms with Crippen molar-refractivity contribution in [3.63, 3.8) is 0 Å². The zero-order valence-electron chi connectivity index (χ0n) is 5.35. The topological polar surface area (TPSA) is 66.9 Å². The van der Waals surface area contributed by atoms with E-state index in [1.165, 1.54) is 6.08 Å². The van der Waals surface area contributed by atoms with Gasteiger partial charge in [0.15, 0.2) is 5.78 Å². The number of Topliss-reactive ketones (excluding diaryl/α,β-unsaturated/α-hetero) is 1. The van der Waals surface area contributed by atoms with E-state index in [1.807, 2.05) is 0 Å². The number of hydrogen-bond donors (Lipinski definition) is 2. The molecule has 0 aromatic heterocycles. The molecule has 0 saturated carbocycles. The second kappa shape index (κ2) is 3.83. The molecule has 0 amide bonds. The lowest BCUT2D eigenvalue weighted by molar-refractivity contribution is -0.115. The Bertz CT molecular complexity index is 149. The summed E-state index contributed by atoms with van der Waals surface area (Å²) in [4.78, 5) is 10.6. The lowest BCUT2D eigenvalue weighted by Gasteiger charge is -1.91. The summed E-state index contributed by atoms with van der Waals surface area (Å²) in [5, 5.41) is 6.57. The Hall–Kier alpha value is -1.12. The molecule has 0 aromatic carbocycles. The van der Waals surface area contributed by atoms with Gasteiger partial charge in [0.2, 0.25) is 0 Å². The number of nitrogens with two attached hydrogens (primary N) is 1. The van der Waals surface area contributed by atoms with Gasteiger partial charge >= 0.3 is 0 Å². The van der Waals surface area contributed by atoms with Crippen molar-refractivity contribution in [1.29, 1.82) is 5.41 Å². The first-order chi connectivity index (χ1) is 4.22. The van der Waals surface area contributed by atoms with Crippen LogP contribution in [0.5, 0.6) is 0 Å². The van der Waals surface area contributed by atoms with Crippen molar-refractivity contribution in [2.75, 3.05) is 0 Å². The maximum absolute atomic E-state index is 10.6. The molecule has 0 aliphatic carbocycles. The normalized spacial score (nSPS) is 11.0. The fourth-order valence-corrected chi connectivity index (χ4v) is 0.387. The Kier molecular flexibility index (Phi) is 3.35. The van der Waals surface area contributed by atoms with Crippen molar-refractivity contribution >= 4 is 12.0 Å². The minimum absolute atomic E-state index is 0.112. The molecule has 3 N–H and O–H groups in total. The Morgan fingerprint density at radius 1 is 1.78 bits per heavy atom. The van der Waals surface area contributed by atoms with E-state index in [4.69, 9.17) is 11.1 Å². The third-order valence-corrected chi connectivity index (χ3v) is 0.906. The van der Waals surface area contributed by atoms with Crippen LogP contribution < -0.4 is 5.73 Å². The second-order valence-corrected chi connectivity index (χ2v) is 1.57. The van der Waals surface area contributed by atoms with Gasteiger partial charge in [0, 0.05) is 12.6 Å². The Morgan fingerprint density at radius 2 is 2.33 bits per heavy atom. The fourth-order valence-electron chi connectivity index (χ4n) is 0.387. The first-order valence-electron chi connectivity index (χ1n) is 2.71. The predicted octanol–water partition coefficient (Wildman–Crippen LogP) is 0.458. The summed E-state index contributed by atoms with van der Waals surface area (Å²) in [5.74, 6) is -0.112. The van der Waals surface area contributed by atoms with Gasteiger partial charge in [-0.3, -0.25) is 4.79 Å². The van der Waals surface area contributed by atoms with Crippen molar-refractivity contribution in [2.24, 2.45) is 5.73 Å². The molecule has 3 heteroatoms. The molecule has 0 fully saturated rings. The summed E-state index contributed by atoms with van der Waals surface area (Å²) in [6.45, 7) is 1.73. The van der Waals surface area contributed by atoms with Crippen molar-refractivity contribution in [1.82, 2.24) is 0 Å². The Labute approximate surface area is 54.1 Å². The zero-order valence-corrected chi connectivity index (χ0v) is 5.35. The van der Waals surface area contributed by atoms with Gasteiger partial charge in [-0.1, -0.05) is 6.92 Å². The van der Waals surface area contributed by atoms with Crippen LogP contribution in [0, 0.1) is 5.41 Å². The van der Waals surface area contributed by atoms with Crippen molar-refractivity contribution in [2.45, 2.75) is 13.3 Å². The van der Waals surface area contributed by atoms with E-state index in [1.54, 1.807) is 6.92 Å². The SMILES string of the molecule is CCC(=O)C(N)=CC=N. The van der Waals surface area contributed by atoms with Crippen molar-refractivity contribution in [3.05, 3.63) is 11.8 Å². The molecule has 0 aliphatic heterocycles. The van der Waals surface area contributed by atoms with Crippen LogP contribution in [-0.4, -0.2) is 12.0 Å². The second-order valence-electron chi connectivity index (χ2n) is 1.57. The van der Waals surface area contributed by atoms with Crippen LogP contribution in [0.3, 0.4) is 0 Å². The Morgan fingerprint density at radius 3 is 2.67 bits per heavy atom. The molecule has 0 atom stereocenters. The van der Waals surface area contributed by atoms with Gasteiger partial charge in [-0.05, 0) is 6.08 Å². The predicted molar refractivity (Wildman–Crippen MR) is 36.4 cm³/mol. The van der Waals surface area contributed by atoms with Crippen LogP contribution in [0.25, 0.3) is 0 Å². The molecule has 0 heterocycles. The number of rotatable bonds is 3. The van der Waals surface area contributed by atoms with E-state index in [-0.39, 0.29) is 11.5 Å². The quantitative estimate of drug-likeness (QED) is 0.426. The van der Waals surface area contributed by atoms with Crippen LogP contribution in [-0.2, 0) is 4.79 Å². The summed E-state index contributed by atoms with van der Waals surface area (Å²) in [6.07, 6.45) is 2.69. The highest BCUT2D eigenvalue weighted by molar-refractivity contribution is 5.97. The fraction of sp³-hybridized carbons (Fsp3) is 0.333. The van der Waals surface area contributed by atoms with Gasteiger partial charge in [-0.25, -0.2) is 0 Å². The van der Waals surface area contributed by atoms with E-state index in [9.17, 15) is 4.79 Å². The van der Waals surface area contributed by atoms with Crippen LogP contribution in [0.2, 0.25) is 0 Å². The molecule has 0 aliphatic rings. The summed E-state index contributed by atoms with van der Waals surface area (Å²) in [5.41, 5.74) is 5.36. The highest BCUT2D eigenvalue weighted by atomic mass is 16.1. The van der Waals surface area contributed by atoms with Crippen molar-refractivity contribution < 1.29 is 4.79 Å². The summed E-state index contributed by atoms with van der Waals surface area (Å²) in [7, 11) is 0. The van der Waals surface area contributed by atoms with Crippen LogP contribution in [0.4, 0.5) is 0 Å². The standard InChI is InChI=1S/C6H10N2O/c1-2-6(9)5(8)3-4-7/h3-4,7H,2,8H2,1H3. The molecule has 0 aromatic rings. The maximum Gasteiger partial charge on any atom is 0.178 e. The van der Waals surface area contributed by atoms with Gasteiger partial charge in [-0.2, -0.15) is 0 Å². The average Bonchev–Trinajstić information content (AvgIpc) is 1.87. The molecule has 50 valence electrons. The van der Waals surface area contributed by atoms with E-state index >= 15 is 0 Å². The number of carbonyl (C=O) groups is 1. The monoisotopic (exact) mass is 126 g/mol. The van der Waals surface area contributed by atoms with Gasteiger partial charge in [0.25, 0.3) is 0 Å². The minimum atomic E-state index is -0.112. The summed E-state index contributed by atoms with van der Waals surface area (Å²) in [6, 6.07) is 0. The van der Waals surface area contributed by atoms with Gasteiger partial charge in [0.1, 0.15) is 0 Å². The molecule has 0 radical (unpaired) electrons. The maximum atomic E-state index is 10.6. The van der Waals surface area contributed by atoms with Crippen LogP contribution in [0.15, 0.2) is 11.8 Å². The van der Waals surface area contributed by atoms with E-state index in [0.717, 1.165) is 6.21 Å². The highest BCUT2D eigenvalue weighted by Gasteiger charge is 1.98. The zero-order chi connectivity index (χ0) is 7.28. The van der Waals surface area contributed by atoms with Crippen LogP contribution >= 0.6 is 0 Å².